The van der Waals surface area contributed by atoms with E-state index in [9.17, 15) is 14.3 Å². The molecule has 0 radical (unpaired) electrons. The highest BCUT2D eigenvalue weighted by atomic mass is 19.1. The first kappa shape index (κ1) is 17.0. The summed E-state index contributed by atoms with van der Waals surface area (Å²) in [5.74, 6) is 0.111. The number of aliphatic hydroxyl groups is 1. The molecule has 0 saturated carbocycles. The van der Waals surface area contributed by atoms with Crippen LogP contribution in [0.4, 0.5) is 4.39 Å². The summed E-state index contributed by atoms with van der Waals surface area (Å²) in [5, 5.41) is 12.7. The lowest BCUT2D eigenvalue weighted by Crippen LogP contribution is -2.28. The van der Waals surface area contributed by atoms with E-state index in [2.05, 4.69) is 5.32 Å². The van der Waals surface area contributed by atoms with Crippen LogP contribution < -0.4 is 10.1 Å². The standard InChI is InChI=1S/C18H20FNO3/c1-23-15-7-4-6-14(11-15)17(21)12-20-18(22)10-9-13-5-2-3-8-16(13)19/h2-8,11,17,21H,9-10,12H2,1H3,(H,20,22). The Morgan fingerprint density at radius 3 is 2.78 bits per heavy atom. The molecule has 0 spiro atoms. The molecule has 4 nitrogen and oxygen atoms in total. The smallest absolute Gasteiger partial charge is 0.220 e. The number of halogens is 1. The van der Waals surface area contributed by atoms with E-state index in [1.807, 2.05) is 0 Å². The number of nitrogens with one attached hydrogen (secondary N) is 1. The summed E-state index contributed by atoms with van der Waals surface area (Å²) in [6, 6.07) is 13.4. The van der Waals surface area contributed by atoms with Gasteiger partial charge in [-0.3, -0.25) is 4.79 Å². The van der Waals surface area contributed by atoms with Crippen molar-refractivity contribution < 1.29 is 19.0 Å². The Labute approximate surface area is 134 Å². The number of amides is 1. The first-order chi connectivity index (χ1) is 11.1. The molecule has 122 valence electrons. The molecule has 0 aromatic heterocycles. The van der Waals surface area contributed by atoms with Gasteiger partial charge in [0.15, 0.2) is 0 Å². The maximum absolute atomic E-state index is 13.5. The van der Waals surface area contributed by atoms with Gasteiger partial charge in [-0.1, -0.05) is 30.3 Å². The lowest BCUT2D eigenvalue weighted by Gasteiger charge is -2.13. The van der Waals surface area contributed by atoms with Crippen LogP contribution in [0.15, 0.2) is 48.5 Å². The lowest BCUT2D eigenvalue weighted by atomic mass is 10.1. The van der Waals surface area contributed by atoms with Crippen LogP contribution in [0.1, 0.15) is 23.7 Å². The first-order valence-corrected chi connectivity index (χ1v) is 7.42. The molecule has 2 aromatic carbocycles. The van der Waals surface area contributed by atoms with Crippen molar-refractivity contribution in [3.8, 4) is 5.75 Å². The molecule has 1 amide bonds. The van der Waals surface area contributed by atoms with Gasteiger partial charge in [-0.25, -0.2) is 4.39 Å². The zero-order valence-corrected chi connectivity index (χ0v) is 13.0. The van der Waals surface area contributed by atoms with Crippen LogP contribution in [-0.2, 0) is 11.2 Å². The minimum absolute atomic E-state index is 0.100. The van der Waals surface area contributed by atoms with Crippen molar-refractivity contribution >= 4 is 5.91 Å². The van der Waals surface area contributed by atoms with Gasteiger partial charge < -0.3 is 15.2 Å². The van der Waals surface area contributed by atoms with Crippen molar-refractivity contribution in [3.63, 3.8) is 0 Å². The van der Waals surface area contributed by atoms with Gasteiger partial charge in [0.25, 0.3) is 0 Å². The maximum atomic E-state index is 13.5. The molecule has 23 heavy (non-hydrogen) atoms. The first-order valence-electron chi connectivity index (χ1n) is 7.42. The van der Waals surface area contributed by atoms with Crippen molar-refractivity contribution in [2.45, 2.75) is 18.9 Å². The number of ether oxygens (including phenoxy) is 1. The molecule has 0 fully saturated rings. The summed E-state index contributed by atoms with van der Waals surface area (Å²) >= 11 is 0. The second-order valence-electron chi connectivity index (χ2n) is 5.19. The van der Waals surface area contributed by atoms with Crippen molar-refractivity contribution in [2.24, 2.45) is 0 Å². The second kappa shape index (κ2) is 8.29. The Balaban J connectivity index is 1.80. The molecule has 2 rings (SSSR count). The van der Waals surface area contributed by atoms with Gasteiger partial charge in [0.05, 0.1) is 13.2 Å². The molecule has 0 aliphatic carbocycles. The summed E-state index contributed by atoms with van der Waals surface area (Å²) in [6.07, 6.45) is -0.318. The molecule has 0 heterocycles. The average Bonchev–Trinajstić information content (AvgIpc) is 2.59. The summed E-state index contributed by atoms with van der Waals surface area (Å²) in [6.45, 7) is 0.100. The van der Waals surface area contributed by atoms with Crippen molar-refractivity contribution in [1.82, 2.24) is 5.32 Å². The quantitative estimate of drug-likeness (QED) is 0.825. The summed E-state index contributed by atoms with van der Waals surface area (Å²) in [7, 11) is 1.55. The van der Waals surface area contributed by atoms with Gasteiger partial charge >= 0.3 is 0 Å². The van der Waals surface area contributed by atoms with Gasteiger partial charge in [-0.15, -0.1) is 0 Å². The van der Waals surface area contributed by atoms with Gasteiger partial charge in [-0.05, 0) is 35.7 Å². The molecule has 0 saturated heterocycles. The van der Waals surface area contributed by atoms with E-state index in [0.717, 1.165) is 0 Å². The highest BCUT2D eigenvalue weighted by Gasteiger charge is 2.11. The maximum Gasteiger partial charge on any atom is 0.220 e. The molecule has 0 aliphatic rings. The Hall–Kier alpha value is -2.40. The molecule has 0 aliphatic heterocycles. The van der Waals surface area contributed by atoms with Gasteiger partial charge in [0, 0.05) is 13.0 Å². The lowest BCUT2D eigenvalue weighted by molar-refractivity contribution is -0.121. The molecule has 1 atom stereocenters. The van der Waals surface area contributed by atoms with E-state index in [4.69, 9.17) is 4.74 Å². The molecule has 1 unspecified atom stereocenters. The number of benzene rings is 2. The van der Waals surface area contributed by atoms with Gasteiger partial charge in [0.2, 0.25) is 5.91 Å². The number of hydrogen-bond donors (Lipinski definition) is 2. The number of aryl methyl sites for hydroxylation is 1. The highest BCUT2D eigenvalue weighted by molar-refractivity contribution is 5.76. The molecule has 0 bridgehead atoms. The van der Waals surface area contributed by atoms with Crippen LogP contribution in [-0.4, -0.2) is 24.7 Å². The number of methoxy groups -OCH3 is 1. The van der Waals surface area contributed by atoms with Gasteiger partial charge in [-0.2, -0.15) is 0 Å². The predicted molar refractivity (Wildman–Crippen MR) is 85.7 cm³/mol. The predicted octanol–water partition coefficient (Wildman–Crippen LogP) is 2.62. The van der Waals surface area contributed by atoms with Crippen LogP contribution in [0.3, 0.4) is 0 Å². The second-order valence-corrected chi connectivity index (χ2v) is 5.19. The Morgan fingerprint density at radius 2 is 2.04 bits per heavy atom. The molecular weight excluding hydrogens is 297 g/mol. The normalized spacial score (nSPS) is 11.8. The Bertz CT molecular complexity index is 660. The van der Waals surface area contributed by atoms with E-state index in [0.29, 0.717) is 23.3 Å². The molecular formula is C18H20FNO3. The largest absolute Gasteiger partial charge is 0.497 e. The third kappa shape index (κ3) is 5.07. The molecule has 2 N–H and O–H groups in total. The summed E-state index contributed by atoms with van der Waals surface area (Å²) in [5.41, 5.74) is 1.18. The van der Waals surface area contributed by atoms with E-state index in [1.54, 1.807) is 49.6 Å². The third-order valence-electron chi connectivity index (χ3n) is 3.55. The zero-order valence-electron chi connectivity index (χ0n) is 13.0. The van der Waals surface area contributed by atoms with Crippen molar-refractivity contribution in [1.29, 1.82) is 0 Å². The van der Waals surface area contributed by atoms with Crippen molar-refractivity contribution in [3.05, 3.63) is 65.5 Å². The number of carbonyl (C=O) groups is 1. The highest BCUT2D eigenvalue weighted by Crippen LogP contribution is 2.18. The van der Waals surface area contributed by atoms with Crippen LogP contribution in [0.25, 0.3) is 0 Å². The van der Waals surface area contributed by atoms with E-state index >= 15 is 0 Å². The van der Waals surface area contributed by atoms with E-state index in [1.165, 1.54) is 6.07 Å². The van der Waals surface area contributed by atoms with Crippen LogP contribution in [0, 0.1) is 5.82 Å². The number of rotatable bonds is 7. The Morgan fingerprint density at radius 1 is 1.26 bits per heavy atom. The van der Waals surface area contributed by atoms with Crippen LogP contribution >= 0.6 is 0 Å². The van der Waals surface area contributed by atoms with E-state index in [-0.39, 0.29) is 24.7 Å². The Kier molecular flexibility index (Phi) is 6.11. The molecule has 5 heteroatoms. The summed E-state index contributed by atoms with van der Waals surface area (Å²) in [4.78, 5) is 11.8. The van der Waals surface area contributed by atoms with Crippen LogP contribution in [0.2, 0.25) is 0 Å². The summed E-state index contributed by atoms with van der Waals surface area (Å²) < 4.78 is 18.6. The fourth-order valence-corrected chi connectivity index (χ4v) is 2.21. The minimum Gasteiger partial charge on any atom is -0.497 e. The number of carbonyl (C=O) groups excluding carboxylic acids is 1. The van der Waals surface area contributed by atoms with Crippen molar-refractivity contribution in [2.75, 3.05) is 13.7 Å². The number of hydrogen-bond acceptors (Lipinski definition) is 3. The van der Waals surface area contributed by atoms with E-state index < -0.39 is 6.10 Å². The minimum atomic E-state index is -0.817. The van der Waals surface area contributed by atoms with Gasteiger partial charge in [0.1, 0.15) is 11.6 Å². The number of aliphatic hydroxyl groups excluding tert-OH is 1. The fourth-order valence-electron chi connectivity index (χ4n) is 2.21. The fraction of sp³-hybridized carbons (Fsp3) is 0.278. The van der Waals surface area contributed by atoms with Crippen LogP contribution in [0.5, 0.6) is 5.75 Å². The zero-order chi connectivity index (χ0) is 16.7. The average molecular weight is 317 g/mol. The SMILES string of the molecule is COc1cccc(C(O)CNC(=O)CCc2ccccc2F)c1. The molecule has 2 aromatic rings. The topological polar surface area (TPSA) is 58.6 Å². The third-order valence-corrected chi connectivity index (χ3v) is 3.55. The monoisotopic (exact) mass is 317 g/mol.